The molecular weight excluding hydrogens is 222 g/mol. The predicted molar refractivity (Wildman–Crippen MR) is 75.6 cm³/mol. The SMILES string of the molecule is CCC(C)n1ccc(CNC2(C)CCCCC2)n1. The lowest BCUT2D eigenvalue weighted by Crippen LogP contribution is -2.43. The monoisotopic (exact) mass is 249 g/mol. The standard InChI is InChI=1S/C15H27N3/c1-4-13(2)18-11-8-14(17-18)12-16-15(3)9-6-5-7-10-15/h8,11,13,16H,4-7,9-10,12H2,1-3H3. The van der Waals surface area contributed by atoms with Crippen LogP contribution >= 0.6 is 0 Å². The lowest BCUT2D eigenvalue weighted by Gasteiger charge is -2.34. The minimum Gasteiger partial charge on any atom is -0.306 e. The summed E-state index contributed by atoms with van der Waals surface area (Å²) in [6.07, 6.45) is 9.98. The van der Waals surface area contributed by atoms with Crippen molar-refractivity contribution in [1.82, 2.24) is 15.1 Å². The molecule has 102 valence electrons. The molecule has 2 rings (SSSR count). The van der Waals surface area contributed by atoms with Crippen LogP contribution in [0.1, 0.15) is 71.0 Å². The highest BCUT2D eigenvalue weighted by molar-refractivity contribution is 5.01. The van der Waals surface area contributed by atoms with Crippen molar-refractivity contribution in [1.29, 1.82) is 0 Å². The van der Waals surface area contributed by atoms with Crippen LogP contribution in [0, 0.1) is 0 Å². The molecule has 1 fully saturated rings. The van der Waals surface area contributed by atoms with Crippen LogP contribution in [0.2, 0.25) is 0 Å². The summed E-state index contributed by atoms with van der Waals surface area (Å²) in [5.41, 5.74) is 1.50. The molecular formula is C15H27N3. The van der Waals surface area contributed by atoms with E-state index in [4.69, 9.17) is 0 Å². The molecule has 18 heavy (non-hydrogen) atoms. The summed E-state index contributed by atoms with van der Waals surface area (Å²) in [5, 5.41) is 8.36. The van der Waals surface area contributed by atoms with E-state index in [1.165, 1.54) is 37.8 Å². The van der Waals surface area contributed by atoms with Crippen LogP contribution in [0.15, 0.2) is 12.3 Å². The van der Waals surface area contributed by atoms with Crippen molar-refractivity contribution in [2.45, 2.75) is 77.4 Å². The van der Waals surface area contributed by atoms with Crippen molar-refractivity contribution in [2.24, 2.45) is 0 Å². The van der Waals surface area contributed by atoms with Gasteiger partial charge in [0.15, 0.2) is 0 Å². The Morgan fingerprint density at radius 1 is 1.39 bits per heavy atom. The van der Waals surface area contributed by atoms with Gasteiger partial charge in [-0.1, -0.05) is 26.2 Å². The highest BCUT2D eigenvalue weighted by Gasteiger charge is 2.25. The Morgan fingerprint density at radius 3 is 2.78 bits per heavy atom. The second-order valence-electron chi connectivity index (χ2n) is 6.02. The van der Waals surface area contributed by atoms with Crippen molar-refractivity contribution in [3.63, 3.8) is 0 Å². The Morgan fingerprint density at radius 2 is 2.11 bits per heavy atom. The average molecular weight is 249 g/mol. The second kappa shape index (κ2) is 5.87. The number of nitrogens with zero attached hydrogens (tertiary/aromatic N) is 2. The van der Waals surface area contributed by atoms with E-state index in [0.717, 1.165) is 13.0 Å². The third kappa shape index (κ3) is 3.35. The molecule has 1 heterocycles. The molecule has 1 aliphatic rings. The molecule has 0 aliphatic heterocycles. The smallest absolute Gasteiger partial charge is 0.0762 e. The summed E-state index contributed by atoms with van der Waals surface area (Å²) in [6.45, 7) is 7.68. The van der Waals surface area contributed by atoms with E-state index in [0.29, 0.717) is 11.6 Å². The Bertz CT molecular complexity index is 364. The van der Waals surface area contributed by atoms with Crippen LogP contribution < -0.4 is 5.32 Å². The van der Waals surface area contributed by atoms with Gasteiger partial charge in [-0.3, -0.25) is 4.68 Å². The fraction of sp³-hybridized carbons (Fsp3) is 0.800. The van der Waals surface area contributed by atoms with Crippen molar-refractivity contribution in [3.8, 4) is 0 Å². The van der Waals surface area contributed by atoms with Gasteiger partial charge < -0.3 is 5.32 Å². The minimum atomic E-state index is 0.332. The zero-order valence-corrected chi connectivity index (χ0v) is 12.1. The predicted octanol–water partition coefficient (Wildman–Crippen LogP) is 3.67. The molecule has 0 aromatic carbocycles. The summed E-state index contributed by atoms with van der Waals surface area (Å²) in [7, 11) is 0. The molecule has 0 spiro atoms. The number of rotatable bonds is 5. The summed E-state index contributed by atoms with van der Waals surface area (Å²) < 4.78 is 2.08. The van der Waals surface area contributed by atoms with Gasteiger partial charge in [0, 0.05) is 24.3 Å². The maximum absolute atomic E-state index is 4.65. The first kappa shape index (κ1) is 13.6. The largest absolute Gasteiger partial charge is 0.306 e. The summed E-state index contributed by atoms with van der Waals surface area (Å²) in [4.78, 5) is 0. The molecule has 1 atom stereocenters. The van der Waals surface area contributed by atoms with E-state index in [9.17, 15) is 0 Å². The van der Waals surface area contributed by atoms with Gasteiger partial charge in [0.25, 0.3) is 0 Å². The van der Waals surface area contributed by atoms with E-state index in [2.05, 4.69) is 48.1 Å². The maximum Gasteiger partial charge on any atom is 0.0762 e. The number of hydrogen-bond donors (Lipinski definition) is 1. The lowest BCUT2D eigenvalue weighted by atomic mass is 9.83. The Kier molecular flexibility index (Phi) is 4.44. The number of hydrogen-bond acceptors (Lipinski definition) is 2. The van der Waals surface area contributed by atoms with Gasteiger partial charge in [0.1, 0.15) is 0 Å². The van der Waals surface area contributed by atoms with E-state index < -0.39 is 0 Å². The fourth-order valence-electron chi connectivity index (χ4n) is 2.72. The molecule has 0 amide bonds. The molecule has 3 nitrogen and oxygen atoms in total. The zero-order chi connectivity index (χ0) is 13.0. The molecule has 1 unspecified atom stereocenters. The maximum atomic E-state index is 4.65. The third-order valence-electron chi connectivity index (χ3n) is 4.36. The first-order valence-electron chi connectivity index (χ1n) is 7.42. The molecule has 1 saturated carbocycles. The van der Waals surface area contributed by atoms with E-state index in [1.807, 2.05) is 0 Å². The van der Waals surface area contributed by atoms with Crippen LogP contribution in [0.25, 0.3) is 0 Å². The third-order valence-corrected chi connectivity index (χ3v) is 4.36. The van der Waals surface area contributed by atoms with Crippen LogP contribution in [0.5, 0.6) is 0 Å². The minimum absolute atomic E-state index is 0.332. The summed E-state index contributed by atoms with van der Waals surface area (Å²) in [6, 6.07) is 2.65. The highest BCUT2D eigenvalue weighted by atomic mass is 15.3. The Hall–Kier alpha value is -0.830. The molecule has 1 aromatic heterocycles. The van der Waals surface area contributed by atoms with Gasteiger partial charge in [-0.25, -0.2) is 0 Å². The number of aromatic nitrogens is 2. The van der Waals surface area contributed by atoms with Gasteiger partial charge in [0.2, 0.25) is 0 Å². The van der Waals surface area contributed by atoms with Crippen molar-refractivity contribution >= 4 is 0 Å². The van der Waals surface area contributed by atoms with Crippen molar-refractivity contribution < 1.29 is 0 Å². The topological polar surface area (TPSA) is 29.9 Å². The second-order valence-corrected chi connectivity index (χ2v) is 6.02. The molecule has 1 N–H and O–H groups in total. The first-order valence-corrected chi connectivity index (χ1v) is 7.42. The molecule has 1 aliphatic carbocycles. The van der Waals surface area contributed by atoms with Crippen molar-refractivity contribution in [2.75, 3.05) is 0 Å². The molecule has 0 radical (unpaired) electrons. The van der Waals surface area contributed by atoms with Crippen LogP contribution in [-0.2, 0) is 6.54 Å². The molecule has 0 bridgehead atoms. The van der Waals surface area contributed by atoms with Crippen LogP contribution in [0.3, 0.4) is 0 Å². The van der Waals surface area contributed by atoms with Crippen LogP contribution in [0.4, 0.5) is 0 Å². The fourth-order valence-corrected chi connectivity index (χ4v) is 2.72. The first-order chi connectivity index (χ1) is 8.63. The Labute approximate surface area is 111 Å². The van der Waals surface area contributed by atoms with Gasteiger partial charge in [-0.15, -0.1) is 0 Å². The lowest BCUT2D eigenvalue weighted by molar-refractivity contribution is 0.251. The molecule has 1 aromatic rings. The zero-order valence-electron chi connectivity index (χ0n) is 12.1. The van der Waals surface area contributed by atoms with Crippen LogP contribution in [-0.4, -0.2) is 15.3 Å². The highest BCUT2D eigenvalue weighted by Crippen LogP contribution is 2.27. The van der Waals surface area contributed by atoms with Gasteiger partial charge in [-0.05, 0) is 39.2 Å². The van der Waals surface area contributed by atoms with E-state index >= 15 is 0 Å². The van der Waals surface area contributed by atoms with Crippen molar-refractivity contribution in [3.05, 3.63) is 18.0 Å². The normalized spacial score (nSPS) is 20.8. The van der Waals surface area contributed by atoms with E-state index in [-0.39, 0.29) is 0 Å². The molecule has 3 heteroatoms. The Balaban J connectivity index is 1.87. The summed E-state index contributed by atoms with van der Waals surface area (Å²) in [5.74, 6) is 0. The average Bonchev–Trinajstić information content (AvgIpc) is 2.85. The molecule has 0 saturated heterocycles. The number of nitrogens with one attached hydrogen (secondary N) is 1. The van der Waals surface area contributed by atoms with Gasteiger partial charge >= 0.3 is 0 Å². The quantitative estimate of drug-likeness (QED) is 0.863. The van der Waals surface area contributed by atoms with E-state index in [1.54, 1.807) is 0 Å². The van der Waals surface area contributed by atoms with Gasteiger partial charge in [0.05, 0.1) is 5.69 Å². The summed E-state index contributed by atoms with van der Waals surface area (Å²) >= 11 is 0. The van der Waals surface area contributed by atoms with Gasteiger partial charge in [-0.2, -0.15) is 5.10 Å².